The number of aliphatic imine (C=N–C) groups is 1. The maximum atomic E-state index is 5.53. The maximum absolute atomic E-state index is 5.53. The van der Waals surface area contributed by atoms with Gasteiger partial charge in [0.05, 0.1) is 13.7 Å². The van der Waals surface area contributed by atoms with Gasteiger partial charge in [-0.15, -0.1) is 24.0 Å². The van der Waals surface area contributed by atoms with Crippen LogP contribution in [0.25, 0.3) is 0 Å². The summed E-state index contributed by atoms with van der Waals surface area (Å²) in [5.41, 5.74) is 1.47. The molecule has 0 saturated heterocycles. The van der Waals surface area contributed by atoms with Gasteiger partial charge in [-0.05, 0) is 38.2 Å². The van der Waals surface area contributed by atoms with E-state index in [4.69, 9.17) is 9.73 Å². The molecule has 0 amide bonds. The van der Waals surface area contributed by atoms with Crippen molar-refractivity contribution >= 4 is 29.9 Å². The van der Waals surface area contributed by atoms with E-state index in [2.05, 4.69) is 42.7 Å². The number of benzene rings is 1. The SMILES string of the molecule is CCNC(=NCC1(c2ccccc2OC)CC1)NC1CC1C.I. The summed E-state index contributed by atoms with van der Waals surface area (Å²) in [6.07, 6.45) is 3.63. The lowest BCUT2D eigenvalue weighted by atomic mass is 9.95. The van der Waals surface area contributed by atoms with Crippen LogP contribution in [0.5, 0.6) is 5.75 Å². The van der Waals surface area contributed by atoms with E-state index in [1.165, 1.54) is 24.8 Å². The van der Waals surface area contributed by atoms with Gasteiger partial charge in [0.15, 0.2) is 5.96 Å². The molecule has 0 heterocycles. The Hall–Kier alpha value is -0.980. The highest BCUT2D eigenvalue weighted by Gasteiger charge is 2.46. The molecule has 3 rings (SSSR count). The molecule has 0 radical (unpaired) electrons. The lowest BCUT2D eigenvalue weighted by Gasteiger charge is -2.18. The third-order valence-electron chi connectivity index (χ3n) is 4.85. The summed E-state index contributed by atoms with van der Waals surface area (Å²) in [7, 11) is 1.75. The van der Waals surface area contributed by atoms with Gasteiger partial charge in [0.2, 0.25) is 0 Å². The Balaban J connectivity index is 0.00000192. The minimum absolute atomic E-state index is 0. The van der Waals surface area contributed by atoms with Gasteiger partial charge in [0.25, 0.3) is 0 Å². The first kappa shape index (κ1) is 18.4. The van der Waals surface area contributed by atoms with Crippen molar-refractivity contribution in [3.05, 3.63) is 29.8 Å². The van der Waals surface area contributed by atoms with Crippen LogP contribution in [0.1, 0.15) is 38.7 Å². The predicted octanol–water partition coefficient (Wildman–Crippen LogP) is 3.31. The molecule has 2 atom stereocenters. The Bertz CT molecular complexity index is 557. The van der Waals surface area contributed by atoms with Gasteiger partial charge in [-0.25, -0.2) is 0 Å². The van der Waals surface area contributed by atoms with Crippen molar-refractivity contribution in [2.45, 2.75) is 44.6 Å². The molecule has 2 aliphatic carbocycles. The highest BCUT2D eigenvalue weighted by atomic mass is 127. The summed E-state index contributed by atoms with van der Waals surface area (Å²) in [5.74, 6) is 2.72. The number of para-hydroxylation sites is 1. The minimum Gasteiger partial charge on any atom is -0.496 e. The van der Waals surface area contributed by atoms with Crippen molar-refractivity contribution in [3.8, 4) is 5.75 Å². The van der Waals surface area contributed by atoms with Crippen LogP contribution in [0.3, 0.4) is 0 Å². The fourth-order valence-electron chi connectivity index (χ4n) is 3.00. The van der Waals surface area contributed by atoms with Crippen molar-refractivity contribution in [2.75, 3.05) is 20.2 Å². The second-order valence-electron chi connectivity index (χ2n) is 6.64. The van der Waals surface area contributed by atoms with Crippen molar-refractivity contribution in [3.63, 3.8) is 0 Å². The van der Waals surface area contributed by atoms with Gasteiger partial charge in [-0.3, -0.25) is 4.99 Å². The number of methoxy groups -OCH3 is 1. The van der Waals surface area contributed by atoms with E-state index in [0.717, 1.165) is 30.7 Å². The molecule has 0 aromatic heterocycles. The Kier molecular flexibility index (Phi) is 6.17. The average Bonchev–Trinajstić information content (AvgIpc) is 3.44. The summed E-state index contributed by atoms with van der Waals surface area (Å²) >= 11 is 0. The molecule has 128 valence electrons. The smallest absolute Gasteiger partial charge is 0.191 e. The molecule has 2 saturated carbocycles. The Morgan fingerprint density at radius 1 is 1.35 bits per heavy atom. The van der Waals surface area contributed by atoms with Gasteiger partial charge in [-0.1, -0.05) is 25.1 Å². The number of nitrogens with zero attached hydrogens (tertiary/aromatic N) is 1. The number of rotatable bonds is 6. The molecule has 2 aliphatic rings. The molecule has 2 unspecified atom stereocenters. The van der Waals surface area contributed by atoms with E-state index in [9.17, 15) is 0 Å². The highest BCUT2D eigenvalue weighted by molar-refractivity contribution is 14.0. The Morgan fingerprint density at radius 2 is 2.04 bits per heavy atom. The van der Waals surface area contributed by atoms with Crippen LogP contribution in [-0.2, 0) is 5.41 Å². The van der Waals surface area contributed by atoms with Crippen LogP contribution in [-0.4, -0.2) is 32.2 Å². The monoisotopic (exact) mass is 429 g/mol. The maximum Gasteiger partial charge on any atom is 0.191 e. The topological polar surface area (TPSA) is 45.7 Å². The molecular formula is C18H28IN3O. The summed E-state index contributed by atoms with van der Waals surface area (Å²) in [5, 5.41) is 6.89. The largest absolute Gasteiger partial charge is 0.496 e. The number of nitrogens with one attached hydrogen (secondary N) is 2. The molecule has 1 aromatic rings. The molecule has 2 N–H and O–H groups in total. The van der Waals surface area contributed by atoms with Gasteiger partial charge in [0, 0.05) is 23.6 Å². The van der Waals surface area contributed by atoms with Gasteiger partial charge >= 0.3 is 0 Å². The zero-order chi connectivity index (χ0) is 15.6. The molecule has 5 heteroatoms. The fraction of sp³-hybridized carbons (Fsp3) is 0.611. The molecule has 0 bridgehead atoms. The molecule has 23 heavy (non-hydrogen) atoms. The fourth-order valence-corrected chi connectivity index (χ4v) is 3.00. The summed E-state index contributed by atoms with van der Waals surface area (Å²) in [6, 6.07) is 8.96. The molecule has 0 aliphatic heterocycles. The molecular weight excluding hydrogens is 401 g/mol. The molecule has 4 nitrogen and oxygen atoms in total. The quantitative estimate of drug-likeness (QED) is 0.415. The number of guanidine groups is 1. The molecule has 1 aromatic carbocycles. The highest BCUT2D eigenvalue weighted by Crippen LogP contribution is 2.51. The minimum atomic E-state index is 0. The van der Waals surface area contributed by atoms with E-state index < -0.39 is 0 Å². The van der Waals surface area contributed by atoms with Gasteiger partial charge in [-0.2, -0.15) is 0 Å². The summed E-state index contributed by atoms with van der Waals surface area (Å²) < 4.78 is 5.53. The van der Waals surface area contributed by atoms with Crippen molar-refractivity contribution in [2.24, 2.45) is 10.9 Å². The molecule has 0 spiro atoms. The van der Waals surface area contributed by atoms with Gasteiger partial charge < -0.3 is 15.4 Å². The average molecular weight is 429 g/mol. The number of hydrogen-bond acceptors (Lipinski definition) is 2. The van der Waals surface area contributed by atoms with Crippen LogP contribution >= 0.6 is 24.0 Å². The van der Waals surface area contributed by atoms with Crippen LogP contribution in [0.4, 0.5) is 0 Å². The predicted molar refractivity (Wildman–Crippen MR) is 106 cm³/mol. The first-order valence-corrected chi connectivity index (χ1v) is 8.37. The second-order valence-corrected chi connectivity index (χ2v) is 6.64. The van der Waals surface area contributed by atoms with Crippen molar-refractivity contribution < 1.29 is 4.74 Å². The first-order chi connectivity index (χ1) is 10.7. The second kappa shape index (κ2) is 7.73. The summed E-state index contributed by atoms with van der Waals surface area (Å²) in [4.78, 5) is 4.85. The standard InChI is InChI=1S/C18H27N3O.HI/c1-4-19-17(21-15-11-13(15)2)20-12-18(9-10-18)14-7-5-6-8-16(14)22-3;/h5-8,13,15H,4,9-12H2,1-3H3,(H2,19,20,21);1H. The Morgan fingerprint density at radius 3 is 2.61 bits per heavy atom. The van der Waals surface area contributed by atoms with Crippen molar-refractivity contribution in [1.29, 1.82) is 0 Å². The van der Waals surface area contributed by atoms with Crippen molar-refractivity contribution in [1.82, 2.24) is 10.6 Å². The van der Waals surface area contributed by atoms with Gasteiger partial charge in [0.1, 0.15) is 5.75 Å². The zero-order valence-corrected chi connectivity index (χ0v) is 16.6. The number of hydrogen-bond donors (Lipinski definition) is 2. The lowest BCUT2D eigenvalue weighted by Crippen LogP contribution is -2.39. The third-order valence-corrected chi connectivity index (χ3v) is 4.85. The first-order valence-electron chi connectivity index (χ1n) is 8.37. The van der Waals surface area contributed by atoms with E-state index in [0.29, 0.717) is 6.04 Å². The Labute approximate surface area is 156 Å². The van der Waals surface area contributed by atoms with Crippen LogP contribution in [0.2, 0.25) is 0 Å². The van der Waals surface area contributed by atoms with E-state index in [1.807, 2.05) is 6.07 Å². The third kappa shape index (κ3) is 4.31. The lowest BCUT2D eigenvalue weighted by molar-refractivity contribution is 0.404. The van der Waals surface area contributed by atoms with E-state index in [1.54, 1.807) is 7.11 Å². The molecule has 2 fully saturated rings. The van der Waals surface area contributed by atoms with Crippen LogP contribution < -0.4 is 15.4 Å². The van der Waals surface area contributed by atoms with E-state index >= 15 is 0 Å². The number of halogens is 1. The van der Waals surface area contributed by atoms with Crippen LogP contribution in [0.15, 0.2) is 29.3 Å². The zero-order valence-electron chi connectivity index (χ0n) is 14.3. The number of ether oxygens (including phenoxy) is 1. The normalized spacial score (nSPS) is 24.4. The summed E-state index contributed by atoms with van der Waals surface area (Å²) in [6.45, 7) is 6.11. The van der Waals surface area contributed by atoms with E-state index in [-0.39, 0.29) is 29.4 Å². The van der Waals surface area contributed by atoms with Crippen LogP contribution in [0, 0.1) is 5.92 Å².